The molecule has 1 aliphatic carbocycles. The summed E-state index contributed by atoms with van der Waals surface area (Å²) in [6.07, 6.45) is 1.95. The highest BCUT2D eigenvalue weighted by Crippen LogP contribution is 2.28. The van der Waals surface area contributed by atoms with Crippen molar-refractivity contribution in [2.24, 2.45) is 5.92 Å². The molecule has 1 atom stereocenters. The van der Waals surface area contributed by atoms with Crippen LogP contribution in [0.2, 0.25) is 0 Å². The van der Waals surface area contributed by atoms with Gasteiger partial charge in [-0.05, 0) is 36.5 Å². The Kier molecular flexibility index (Phi) is 4.69. The maximum atomic E-state index is 12.7. The predicted molar refractivity (Wildman–Crippen MR) is 90.3 cm³/mol. The largest absolute Gasteiger partial charge is 0.491 e. The third-order valence-corrected chi connectivity index (χ3v) is 4.59. The molecule has 3 rings (SSSR count). The number of carbonyl (C=O) groups is 1. The van der Waals surface area contributed by atoms with E-state index < -0.39 is 0 Å². The molecule has 0 fully saturated rings. The molecule has 0 aliphatic heterocycles. The maximum absolute atomic E-state index is 12.7. The van der Waals surface area contributed by atoms with Gasteiger partial charge in [0.25, 0.3) is 5.56 Å². The van der Waals surface area contributed by atoms with E-state index in [1.807, 2.05) is 30.3 Å². The van der Waals surface area contributed by atoms with E-state index in [1.54, 1.807) is 10.6 Å². The van der Waals surface area contributed by atoms with E-state index in [0.717, 1.165) is 16.8 Å². The van der Waals surface area contributed by atoms with Gasteiger partial charge in [0.2, 0.25) is 0 Å². The Labute approximate surface area is 140 Å². The molecule has 0 bridgehead atoms. The minimum atomic E-state index is -0.194. The lowest BCUT2D eigenvalue weighted by molar-refractivity contribution is -0.145. The number of benzene rings is 1. The molecule has 1 aromatic heterocycles. The zero-order valence-electron chi connectivity index (χ0n) is 14.0. The van der Waals surface area contributed by atoms with Crippen molar-refractivity contribution in [1.82, 2.24) is 4.57 Å². The number of hydrogen-bond acceptors (Lipinski definition) is 4. The van der Waals surface area contributed by atoms with E-state index in [1.165, 1.54) is 14.2 Å². The van der Waals surface area contributed by atoms with Gasteiger partial charge in [-0.3, -0.25) is 9.59 Å². The number of esters is 1. The second-order valence-corrected chi connectivity index (χ2v) is 6.02. The van der Waals surface area contributed by atoms with Crippen molar-refractivity contribution in [3.05, 3.63) is 63.6 Å². The second kappa shape index (κ2) is 6.91. The zero-order valence-corrected chi connectivity index (χ0v) is 14.0. The molecule has 0 N–H and O–H groups in total. The molecule has 1 heterocycles. The van der Waals surface area contributed by atoms with Gasteiger partial charge in [0, 0.05) is 5.69 Å². The molecule has 0 spiro atoms. The first-order valence-electron chi connectivity index (χ1n) is 8.05. The Morgan fingerprint density at radius 3 is 2.67 bits per heavy atom. The van der Waals surface area contributed by atoms with Crippen LogP contribution in [0.3, 0.4) is 0 Å². The van der Waals surface area contributed by atoms with Crippen LogP contribution in [0.1, 0.15) is 23.2 Å². The first-order valence-corrected chi connectivity index (χ1v) is 8.05. The number of pyridine rings is 1. The molecule has 2 aromatic rings. The van der Waals surface area contributed by atoms with Crippen LogP contribution >= 0.6 is 0 Å². The molecular weight excluding hydrogens is 306 g/mol. The van der Waals surface area contributed by atoms with Crippen molar-refractivity contribution in [2.45, 2.75) is 25.8 Å². The minimum Gasteiger partial charge on any atom is -0.491 e. The van der Waals surface area contributed by atoms with Crippen LogP contribution in [0, 0.1) is 5.92 Å². The number of rotatable bonds is 4. The summed E-state index contributed by atoms with van der Waals surface area (Å²) < 4.78 is 11.9. The first kappa shape index (κ1) is 16.3. The molecule has 1 unspecified atom stereocenters. The van der Waals surface area contributed by atoms with Crippen molar-refractivity contribution in [3.8, 4) is 5.75 Å². The van der Waals surface area contributed by atoms with Gasteiger partial charge in [0.1, 0.15) is 0 Å². The number of nitrogens with zero attached hydrogens (tertiary/aromatic N) is 1. The Morgan fingerprint density at radius 1 is 1.25 bits per heavy atom. The van der Waals surface area contributed by atoms with Crippen molar-refractivity contribution in [3.63, 3.8) is 0 Å². The topological polar surface area (TPSA) is 57.5 Å². The lowest BCUT2D eigenvalue weighted by atomic mass is 9.86. The molecule has 126 valence electrons. The highest BCUT2D eigenvalue weighted by atomic mass is 16.5. The van der Waals surface area contributed by atoms with Gasteiger partial charge in [-0.25, -0.2) is 0 Å². The first-order chi connectivity index (χ1) is 11.6. The average molecular weight is 327 g/mol. The van der Waals surface area contributed by atoms with Crippen LogP contribution in [0.25, 0.3) is 0 Å². The fraction of sp³-hybridized carbons (Fsp3) is 0.368. The summed E-state index contributed by atoms with van der Waals surface area (Å²) in [6, 6.07) is 11.6. The standard InChI is InChI=1S/C19H21NO4/c1-23-17-11-15-10-14(19(22)24-2)8-9-16(15)20(18(17)21)12-13-6-4-3-5-7-13/h3-7,11,14H,8-10,12H2,1-2H3. The summed E-state index contributed by atoms with van der Waals surface area (Å²) in [5, 5.41) is 0. The molecule has 5 nitrogen and oxygen atoms in total. The lowest BCUT2D eigenvalue weighted by Crippen LogP contribution is -2.32. The Balaban J connectivity index is 2.03. The van der Waals surface area contributed by atoms with Gasteiger partial charge in [-0.15, -0.1) is 0 Å². The van der Waals surface area contributed by atoms with Gasteiger partial charge >= 0.3 is 5.97 Å². The van der Waals surface area contributed by atoms with Crippen LogP contribution in [0.5, 0.6) is 5.75 Å². The number of methoxy groups -OCH3 is 2. The SMILES string of the molecule is COC(=O)C1CCc2c(cc(OC)c(=O)n2Cc2ccccc2)C1. The third kappa shape index (κ3) is 3.07. The Hall–Kier alpha value is -2.56. The van der Waals surface area contributed by atoms with E-state index in [4.69, 9.17) is 9.47 Å². The van der Waals surface area contributed by atoms with Crippen LogP contribution in [-0.2, 0) is 28.9 Å². The third-order valence-electron chi connectivity index (χ3n) is 4.59. The number of hydrogen-bond donors (Lipinski definition) is 0. The summed E-state index contributed by atoms with van der Waals surface area (Å²) in [4.78, 5) is 24.5. The molecule has 5 heteroatoms. The van der Waals surface area contributed by atoms with E-state index in [9.17, 15) is 9.59 Å². The smallest absolute Gasteiger partial charge is 0.309 e. The van der Waals surface area contributed by atoms with Crippen molar-refractivity contribution in [1.29, 1.82) is 0 Å². The molecule has 1 aromatic carbocycles. The number of fused-ring (bicyclic) bond motifs is 1. The number of ether oxygens (including phenoxy) is 2. The summed E-state index contributed by atoms with van der Waals surface area (Å²) in [7, 11) is 2.91. The highest BCUT2D eigenvalue weighted by Gasteiger charge is 2.28. The van der Waals surface area contributed by atoms with E-state index >= 15 is 0 Å². The van der Waals surface area contributed by atoms with Crippen LogP contribution in [0.15, 0.2) is 41.2 Å². The van der Waals surface area contributed by atoms with Crippen LogP contribution in [0.4, 0.5) is 0 Å². The molecule has 0 radical (unpaired) electrons. The summed E-state index contributed by atoms with van der Waals surface area (Å²) in [5.74, 6) is -0.0366. The Morgan fingerprint density at radius 2 is 2.00 bits per heavy atom. The molecule has 0 saturated carbocycles. The van der Waals surface area contributed by atoms with Crippen molar-refractivity contribution < 1.29 is 14.3 Å². The normalized spacial score (nSPS) is 16.3. The molecule has 0 saturated heterocycles. The van der Waals surface area contributed by atoms with E-state index in [-0.39, 0.29) is 17.4 Å². The Bertz CT molecular complexity index is 795. The molecule has 0 amide bonds. The second-order valence-electron chi connectivity index (χ2n) is 6.02. The van der Waals surface area contributed by atoms with Crippen LogP contribution in [-0.4, -0.2) is 24.8 Å². The maximum Gasteiger partial charge on any atom is 0.309 e. The fourth-order valence-corrected chi connectivity index (χ4v) is 3.33. The molecule has 1 aliphatic rings. The van der Waals surface area contributed by atoms with Crippen molar-refractivity contribution >= 4 is 5.97 Å². The van der Waals surface area contributed by atoms with Crippen LogP contribution < -0.4 is 10.3 Å². The van der Waals surface area contributed by atoms with Gasteiger partial charge in [-0.2, -0.15) is 0 Å². The monoisotopic (exact) mass is 327 g/mol. The average Bonchev–Trinajstić information content (AvgIpc) is 2.63. The van der Waals surface area contributed by atoms with E-state index in [2.05, 4.69) is 0 Å². The summed E-state index contributed by atoms with van der Waals surface area (Å²) in [6.45, 7) is 0.502. The van der Waals surface area contributed by atoms with Gasteiger partial charge < -0.3 is 14.0 Å². The zero-order chi connectivity index (χ0) is 17.1. The lowest BCUT2D eigenvalue weighted by Gasteiger charge is -2.26. The van der Waals surface area contributed by atoms with E-state index in [0.29, 0.717) is 31.6 Å². The quantitative estimate of drug-likeness (QED) is 0.808. The summed E-state index contributed by atoms with van der Waals surface area (Å²) >= 11 is 0. The van der Waals surface area contributed by atoms with Crippen molar-refractivity contribution in [2.75, 3.05) is 14.2 Å². The van der Waals surface area contributed by atoms with Gasteiger partial charge in [-0.1, -0.05) is 30.3 Å². The minimum absolute atomic E-state index is 0.128. The van der Waals surface area contributed by atoms with Gasteiger partial charge in [0.15, 0.2) is 5.75 Å². The molecular formula is C19H21NO4. The number of carbonyl (C=O) groups excluding carboxylic acids is 1. The predicted octanol–water partition coefficient (Wildman–Crippen LogP) is 2.18. The van der Waals surface area contributed by atoms with Gasteiger partial charge in [0.05, 0.1) is 26.7 Å². The summed E-state index contributed by atoms with van der Waals surface area (Å²) in [5.41, 5.74) is 2.91. The molecule has 24 heavy (non-hydrogen) atoms. The fourth-order valence-electron chi connectivity index (χ4n) is 3.33. The number of aromatic nitrogens is 1. The highest BCUT2D eigenvalue weighted by molar-refractivity contribution is 5.73.